The van der Waals surface area contributed by atoms with Gasteiger partial charge in [-0.15, -0.1) is 0 Å². The van der Waals surface area contributed by atoms with Crippen molar-refractivity contribution < 1.29 is 44.9 Å². The molecule has 1 aliphatic heterocycles. The maximum absolute atomic E-state index is 13.1. The fourth-order valence-corrected chi connectivity index (χ4v) is 10.0. The lowest BCUT2D eigenvalue weighted by molar-refractivity contribution is -0.302. The fraction of sp³-hybridized carbons (Fsp3) is 0.889. The number of carbonyl (C=O) groups is 1. The molecule has 8 atom stereocenters. The molecule has 8 unspecified atom stereocenters. The Labute approximate surface area is 449 Å². The Bertz CT molecular complexity index is 1260. The Morgan fingerprint density at radius 1 is 0.466 bits per heavy atom. The van der Waals surface area contributed by atoms with Crippen molar-refractivity contribution in [1.29, 1.82) is 0 Å². The molecule has 0 aliphatic carbocycles. The van der Waals surface area contributed by atoms with Gasteiger partial charge in [0.1, 0.15) is 30.5 Å². The predicted molar refractivity (Wildman–Crippen MR) is 306 cm³/mol. The van der Waals surface area contributed by atoms with Crippen molar-refractivity contribution in [3.05, 3.63) is 36.5 Å². The lowest BCUT2D eigenvalue weighted by Gasteiger charge is -2.40. The third kappa shape index (κ3) is 41.2. The van der Waals surface area contributed by atoms with Crippen LogP contribution in [0.3, 0.4) is 0 Å². The van der Waals surface area contributed by atoms with E-state index in [1.54, 1.807) is 6.08 Å². The minimum atomic E-state index is -1.62. The third-order valence-electron chi connectivity index (χ3n) is 15.0. The zero-order chi connectivity index (χ0) is 53.1. The van der Waals surface area contributed by atoms with Gasteiger partial charge < -0.3 is 45.4 Å². The van der Waals surface area contributed by atoms with Gasteiger partial charge in [-0.25, -0.2) is 0 Å². The van der Waals surface area contributed by atoms with Crippen molar-refractivity contribution in [2.75, 3.05) is 13.2 Å². The van der Waals surface area contributed by atoms with E-state index in [9.17, 15) is 35.4 Å². The monoisotopic (exact) mass is 1030 g/mol. The topological polar surface area (TPSA) is 169 Å². The first kappa shape index (κ1) is 69.4. The van der Waals surface area contributed by atoms with E-state index in [2.05, 4.69) is 43.5 Å². The number of nitrogens with one attached hydrogen (secondary N) is 1. The highest BCUT2D eigenvalue weighted by atomic mass is 16.7. The number of unbranched alkanes of at least 4 members (excludes halogenated alkanes) is 39. The number of aliphatic hydroxyl groups excluding tert-OH is 6. The highest BCUT2D eigenvalue weighted by Crippen LogP contribution is 2.23. The molecule has 0 aromatic carbocycles. The lowest BCUT2D eigenvalue weighted by atomic mass is 9.99. The van der Waals surface area contributed by atoms with E-state index in [1.807, 2.05) is 6.08 Å². The van der Waals surface area contributed by atoms with Crippen LogP contribution in [0.2, 0.25) is 0 Å². The van der Waals surface area contributed by atoms with Crippen molar-refractivity contribution in [3.8, 4) is 0 Å². The molecule has 0 aromatic heterocycles. The van der Waals surface area contributed by atoms with Crippen LogP contribution in [0, 0.1) is 0 Å². The summed E-state index contributed by atoms with van der Waals surface area (Å²) in [5.74, 6) is -0.623. The van der Waals surface area contributed by atoms with Crippen LogP contribution in [0.15, 0.2) is 36.5 Å². The molecular weight excluding hydrogens is 915 g/mol. The van der Waals surface area contributed by atoms with Crippen molar-refractivity contribution in [1.82, 2.24) is 5.32 Å². The number of allylic oxidation sites excluding steroid dienone is 5. The molecule has 0 bridgehead atoms. The summed E-state index contributed by atoms with van der Waals surface area (Å²) >= 11 is 0. The first-order valence-corrected chi connectivity index (χ1v) is 31.3. The first-order chi connectivity index (χ1) is 35.8. The van der Waals surface area contributed by atoms with Gasteiger partial charge in [-0.2, -0.15) is 0 Å². The summed E-state index contributed by atoms with van der Waals surface area (Å²) in [5.41, 5.74) is 0. The molecule has 1 aliphatic rings. The summed E-state index contributed by atoms with van der Waals surface area (Å²) in [5, 5.41) is 65.0. The molecule has 0 spiro atoms. The van der Waals surface area contributed by atoms with Crippen LogP contribution in [-0.4, -0.2) is 98.7 Å². The molecule has 0 aromatic rings. The molecule has 1 heterocycles. The minimum Gasteiger partial charge on any atom is -0.394 e. The zero-order valence-electron chi connectivity index (χ0n) is 47.5. The van der Waals surface area contributed by atoms with Gasteiger partial charge in [0, 0.05) is 0 Å². The highest BCUT2D eigenvalue weighted by molar-refractivity contribution is 5.80. The van der Waals surface area contributed by atoms with Gasteiger partial charge in [0.25, 0.3) is 0 Å². The van der Waals surface area contributed by atoms with Crippen molar-refractivity contribution in [2.24, 2.45) is 0 Å². The fourth-order valence-electron chi connectivity index (χ4n) is 10.0. The molecule has 73 heavy (non-hydrogen) atoms. The Morgan fingerprint density at radius 3 is 1.19 bits per heavy atom. The van der Waals surface area contributed by atoms with Crippen LogP contribution in [0.5, 0.6) is 0 Å². The summed E-state index contributed by atoms with van der Waals surface area (Å²) in [4.78, 5) is 13.1. The molecule has 1 rings (SSSR count). The van der Waals surface area contributed by atoms with Gasteiger partial charge in [0.05, 0.1) is 25.4 Å². The average molecular weight is 1030 g/mol. The largest absolute Gasteiger partial charge is 0.394 e. The number of hydrogen-bond donors (Lipinski definition) is 7. The van der Waals surface area contributed by atoms with E-state index in [0.717, 1.165) is 32.1 Å². The smallest absolute Gasteiger partial charge is 0.249 e. The van der Waals surface area contributed by atoms with Crippen molar-refractivity contribution in [2.45, 2.75) is 345 Å². The molecule has 7 N–H and O–H groups in total. The molecule has 430 valence electrons. The average Bonchev–Trinajstić information content (AvgIpc) is 3.39. The second-order valence-electron chi connectivity index (χ2n) is 22.0. The Kier molecular flexibility index (Phi) is 49.8. The van der Waals surface area contributed by atoms with Crippen molar-refractivity contribution in [3.63, 3.8) is 0 Å². The van der Waals surface area contributed by atoms with Crippen LogP contribution in [-0.2, 0) is 14.3 Å². The molecule has 0 saturated carbocycles. The van der Waals surface area contributed by atoms with Crippen LogP contribution >= 0.6 is 0 Å². The van der Waals surface area contributed by atoms with Crippen molar-refractivity contribution >= 4 is 5.91 Å². The summed E-state index contributed by atoms with van der Waals surface area (Å²) in [7, 11) is 0. The van der Waals surface area contributed by atoms with E-state index < -0.39 is 61.5 Å². The summed E-state index contributed by atoms with van der Waals surface area (Å²) < 4.78 is 11.2. The number of amides is 1. The number of aliphatic hydroxyl groups is 6. The molecule has 0 radical (unpaired) electrons. The highest BCUT2D eigenvalue weighted by Gasteiger charge is 2.44. The Balaban J connectivity index is 2.13. The SMILES string of the molecule is CCCCCCCCCC/C=C/CC/C=C/C(O)C(COC1OC(CO)C(O)C(O)C1O)NC(=O)C(O)CCCCCCCCCCCCCCCCCC/C=C\CCCCCCCCCCCCCCCC. The standard InChI is InChI=1S/C63H119NO9/c1-3-5-7-9-11-13-15-17-19-20-21-22-23-24-25-26-27-28-29-30-31-32-33-34-35-36-37-38-40-42-44-46-48-50-52-57(67)62(71)64-55(54-72-63-61(70)60(69)59(68)58(53-65)73-63)56(66)51-49-47-45-43-41-39-18-16-14-12-10-8-6-4-2/h26-27,41,43,49,51,55-61,63,65-70H,3-25,28-40,42,44-48,50,52-54H2,1-2H3,(H,64,71)/b27-26-,43-41+,51-49+. The third-order valence-corrected chi connectivity index (χ3v) is 15.0. The van der Waals surface area contributed by atoms with Gasteiger partial charge in [-0.05, 0) is 57.8 Å². The van der Waals surface area contributed by atoms with Gasteiger partial charge >= 0.3 is 0 Å². The quantitative estimate of drug-likeness (QED) is 0.0232. The second-order valence-corrected chi connectivity index (χ2v) is 22.0. The van der Waals surface area contributed by atoms with E-state index >= 15 is 0 Å². The number of carbonyl (C=O) groups excluding carboxylic acids is 1. The number of rotatable bonds is 54. The normalized spacial score (nSPS) is 19.7. The molecule has 10 nitrogen and oxygen atoms in total. The maximum Gasteiger partial charge on any atom is 0.249 e. The zero-order valence-corrected chi connectivity index (χ0v) is 47.5. The van der Waals surface area contributed by atoms with Crippen LogP contribution < -0.4 is 5.32 Å². The van der Waals surface area contributed by atoms with E-state index in [-0.39, 0.29) is 6.61 Å². The van der Waals surface area contributed by atoms with E-state index in [4.69, 9.17) is 9.47 Å². The van der Waals surface area contributed by atoms with Gasteiger partial charge in [0.15, 0.2) is 6.29 Å². The van der Waals surface area contributed by atoms with Crippen LogP contribution in [0.1, 0.15) is 296 Å². The number of hydrogen-bond acceptors (Lipinski definition) is 9. The predicted octanol–water partition coefficient (Wildman–Crippen LogP) is 14.9. The van der Waals surface area contributed by atoms with E-state index in [1.165, 1.54) is 231 Å². The lowest BCUT2D eigenvalue weighted by Crippen LogP contribution is -2.60. The Morgan fingerprint density at radius 2 is 0.808 bits per heavy atom. The Hall–Kier alpha value is -1.63. The molecular formula is C63H119NO9. The van der Waals surface area contributed by atoms with Gasteiger partial charge in [-0.1, -0.05) is 275 Å². The molecule has 1 fully saturated rings. The summed E-state index contributed by atoms with van der Waals surface area (Å²) in [6.45, 7) is 3.62. The number of ether oxygens (including phenoxy) is 2. The first-order valence-electron chi connectivity index (χ1n) is 31.3. The summed E-state index contributed by atoms with van der Waals surface area (Å²) in [6, 6.07) is -0.996. The molecule has 1 amide bonds. The second kappa shape index (κ2) is 52.4. The molecule has 10 heteroatoms. The van der Waals surface area contributed by atoms with Crippen LogP contribution in [0.25, 0.3) is 0 Å². The maximum atomic E-state index is 13.1. The summed E-state index contributed by atoms with van der Waals surface area (Å²) in [6.07, 6.45) is 58.5. The van der Waals surface area contributed by atoms with Gasteiger partial charge in [-0.3, -0.25) is 4.79 Å². The molecule has 1 saturated heterocycles. The van der Waals surface area contributed by atoms with E-state index in [0.29, 0.717) is 19.3 Å². The van der Waals surface area contributed by atoms with Gasteiger partial charge in [0.2, 0.25) is 5.91 Å². The van der Waals surface area contributed by atoms with Crippen LogP contribution in [0.4, 0.5) is 0 Å². The minimum absolute atomic E-state index is 0.306.